The summed E-state index contributed by atoms with van der Waals surface area (Å²) in [7, 11) is 0. The van der Waals surface area contributed by atoms with Gasteiger partial charge in [-0.15, -0.1) is 11.3 Å². The molecule has 0 aliphatic carbocycles. The molecule has 0 amide bonds. The summed E-state index contributed by atoms with van der Waals surface area (Å²) >= 11 is 1.62. The normalized spacial score (nSPS) is 13.0. The zero-order valence-corrected chi connectivity index (χ0v) is 9.84. The Bertz CT molecular complexity index is 586. The second-order valence-electron chi connectivity index (χ2n) is 3.77. The Labute approximate surface area is 102 Å². The molecular weight excluding hydrogens is 234 g/mol. The second kappa shape index (κ2) is 4.23. The fourth-order valence-electron chi connectivity index (χ4n) is 1.72. The standard InChI is InChI=1S/C11H11N5S/c12-9(10-1-2-13-7-14-10)5-8-6-16-3-4-17-11(16)15-8/h1-4,6-7,9H,5,12H2. The van der Waals surface area contributed by atoms with Crippen molar-refractivity contribution >= 4 is 16.3 Å². The molecule has 0 bridgehead atoms. The lowest BCUT2D eigenvalue weighted by atomic mass is 10.1. The van der Waals surface area contributed by atoms with Crippen LogP contribution < -0.4 is 5.73 Å². The van der Waals surface area contributed by atoms with Crippen LogP contribution in [0.5, 0.6) is 0 Å². The van der Waals surface area contributed by atoms with Crippen LogP contribution in [0.4, 0.5) is 0 Å². The van der Waals surface area contributed by atoms with E-state index in [1.54, 1.807) is 17.5 Å². The van der Waals surface area contributed by atoms with Crippen LogP contribution in [0, 0.1) is 0 Å². The molecule has 0 saturated carbocycles. The van der Waals surface area contributed by atoms with Crippen molar-refractivity contribution in [2.24, 2.45) is 5.73 Å². The first-order valence-corrected chi connectivity index (χ1v) is 6.13. The molecule has 1 atom stereocenters. The van der Waals surface area contributed by atoms with Gasteiger partial charge in [-0.05, 0) is 6.07 Å². The van der Waals surface area contributed by atoms with Crippen molar-refractivity contribution in [3.63, 3.8) is 0 Å². The lowest BCUT2D eigenvalue weighted by molar-refractivity contribution is 0.683. The van der Waals surface area contributed by atoms with Gasteiger partial charge in [0.25, 0.3) is 0 Å². The number of nitrogens with two attached hydrogens (primary N) is 1. The Balaban J connectivity index is 1.81. The number of aromatic nitrogens is 4. The molecule has 17 heavy (non-hydrogen) atoms. The van der Waals surface area contributed by atoms with Gasteiger partial charge in [-0.1, -0.05) is 0 Å². The van der Waals surface area contributed by atoms with E-state index >= 15 is 0 Å². The van der Waals surface area contributed by atoms with Crippen LogP contribution in [0.25, 0.3) is 4.96 Å². The van der Waals surface area contributed by atoms with Gasteiger partial charge in [-0.2, -0.15) is 0 Å². The summed E-state index contributed by atoms with van der Waals surface area (Å²) in [5.74, 6) is 0. The molecule has 3 rings (SSSR count). The maximum Gasteiger partial charge on any atom is 0.193 e. The van der Waals surface area contributed by atoms with E-state index in [1.807, 2.05) is 28.2 Å². The highest BCUT2D eigenvalue weighted by Gasteiger charge is 2.11. The molecule has 0 aliphatic rings. The largest absolute Gasteiger partial charge is 0.322 e. The third kappa shape index (κ3) is 2.04. The van der Waals surface area contributed by atoms with E-state index in [-0.39, 0.29) is 6.04 Å². The van der Waals surface area contributed by atoms with E-state index in [0.29, 0.717) is 6.42 Å². The molecule has 5 nitrogen and oxygen atoms in total. The Morgan fingerprint density at radius 1 is 1.47 bits per heavy atom. The highest BCUT2D eigenvalue weighted by atomic mass is 32.1. The minimum Gasteiger partial charge on any atom is -0.322 e. The van der Waals surface area contributed by atoms with Gasteiger partial charge in [0, 0.05) is 30.4 Å². The first kappa shape index (κ1) is 10.4. The highest BCUT2D eigenvalue weighted by Crippen LogP contribution is 2.16. The predicted molar refractivity (Wildman–Crippen MR) is 65.7 cm³/mol. The lowest BCUT2D eigenvalue weighted by Gasteiger charge is -2.07. The van der Waals surface area contributed by atoms with Gasteiger partial charge in [0.05, 0.1) is 17.4 Å². The smallest absolute Gasteiger partial charge is 0.193 e. The quantitative estimate of drug-likeness (QED) is 0.758. The van der Waals surface area contributed by atoms with E-state index in [0.717, 1.165) is 16.3 Å². The van der Waals surface area contributed by atoms with Crippen molar-refractivity contribution in [1.29, 1.82) is 0 Å². The fraction of sp³-hybridized carbons (Fsp3) is 0.182. The molecule has 3 heterocycles. The third-order valence-electron chi connectivity index (χ3n) is 2.56. The van der Waals surface area contributed by atoms with Crippen LogP contribution in [0.1, 0.15) is 17.4 Å². The lowest BCUT2D eigenvalue weighted by Crippen LogP contribution is -2.15. The average molecular weight is 245 g/mol. The van der Waals surface area contributed by atoms with Crippen LogP contribution in [-0.4, -0.2) is 19.4 Å². The molecular formula is C11H11N5S. The van der Waals surface area contributed by atoms with Crippen LogP contribution in [0.3, 0.4) is 0 Å². The van der Waals surface area contributed by atoms with Crippen molar-refractivity contribution in [2.45, 2.75) is 12.5 Å². The van der Waals surface area contributed by atoms with Crippen LogP contribution in [0.15, 0.2) is 36.4 Å². The molecule has 1 unspecified atom stereocenters. The zero-order chi connectivity index (χ0) is 11.7. The molecule has 3 aromatic heterocycles. The van der Waals surface area contributed by atoms with Gasteiger partial charge in [0.15, 0.2) is 4.96 Å². The number of imidazole rings is 1. The molecule has 2 N–H and O–H groups in total. The Hall–Kier alpha value is -1.79. The zero-order valence-electron chi connectivity index (χ0n) is 9.02. The van der Waals surface area contributed by atoms with Gasteiger partial charge < -0.3 is 5.73 Å². The molecule has 0 aliphatic heterocycles. The Morgan fingerprint density at radius 3 is 3.18 bits per heavy atom. The average Bonchev–Trinajstić information content (AvgIpc) is 2.90. The van der Waals surface area contributed by atoms with Crippen molar-refractivity contribution in [3.8, 4) is 0 Å². The van der Waals surface area contributed by atoms with Gasteiger partial charge in [0.2, 0.25) is 0 Å². The Kier molecular flexibility index (Phi) is 2.58. The van der Waals surface area contributed by atoms with E-state index in [4.69, 9.17) is 5.73 Å². The summed E-state index contributed by atoms with van der Waals surface area (Å²) in [6, 6.07) is 1.70. The number of hydrogen-bond donors (Lipinski definition) is 1. The first-order chi connectivity index (χ1) is 8.33. The fourth-order valence-corrected chi connectivity index (χ4v) is 2.44. The summed E-state index contributed by atoms with van der Waals surface area (Å²) in [5, 5.41) is 2.01. The number of nitrogens with zero attached hydrogens (tertiary/aromatic N) is 4. The van der Waals surface area contributed by atoms with E-state index < -0.39 is 0 Å². The summed E-state index contributed by atoms with van der Waals surface area (Å²) in [5.41, 5.74) is 7.91. The number of thiazole rings is 1. The van der Waals surface area contributed by atoms with Crippen molar-refractivity contribution < 1.29 is 0 Å². The molecule has 0 saturated heterocycles. The molecule has 0 radical (unpaired) electrons. The number of hydrogen-bond acceptors (Lipinski definition) is 5. The summed E-state index contributed by atoms with van der Waals surface area (Å²) < 4.78 is 2.01. The second-order valence-corrected chi connectivity index (χ2v) is 4.64. The molecule has 86 valence electrons. The Morgan fingerprint density at radius 2 is 2.41 bits per heavy atom. The molecule has 0 spiro atoms. The predicted octanol–water partition coefficient (Wildman–Crippen LogP) is 1.43. The van der Waals surface area contributed by atoms with Gasteiger partial charge in [-0.25, -0.2) is 15.0 Å². The summed E-state index contributed by atoms with van der Waals surface area (Å²) in [4.78, 5) is 13.5. The highest BCUT2D eigenvalue weighted by molar-refractivity contribution is 7.15. The molecule has 3 aromatic rings. The van der Waals surface area contributed by atoms with E-state index in [1.165, 1.54) is 6.33 Å². The monoisotopic (exact) mass is 245 g/mol. The minimum atomic E-state index is -0.136. The molecule has 0 aromatic carbocycles. The van der Waals surface area contributed by atoms with E-state index in [9.17, 15) is 0 Å². The summed E-state index contributed by atoms with van der Waals surface area (Å²) in [6.07, 6.45) is 7.90. The van der Waals surface area contributed by atoms with Crippen LogP contribution >= 0.6 is 11.3 Å². The molecule has 0 fully saturated rings. The third-order valence-corrected chi connectivity index (χ3v) is 3.33. The SMILES string of the molecule is NC(Cc1cn2ccsc2n1)c1ccncn1. The van der Waals surface area contributed by atoms with E-state index in [2.05, 4.69) is 15.0 Å². The maximum absolute atomic E-state index is 6.08. The minimum absolute atomic E-state index is 0.136. The van der Waals surface area contributed by atoms with Crippen molar-refractivity contribution in [2.75, 3.05) is 0 Å². The van der Waals surface area contributed by atoms with Gasteiger partial charge in [-0.3, -0.25) is 4.40 Å². The maximum atomic E-state index is 6.08. The molecule has 6 heteroatoms. The number of rotatable bonds is 3. The van der Waals surface area contributed by atoms with Crippen LogP contribution in [0.2, 0.25) is 0 Å². The van der Waals surface area contributed by atoms with Crippen molar-refractivity contribution in [1.82, 2.24) is 19.4 Å². The van der Waals surface area contributed by atoms with Gasteiger partial charge in [0.1, 0.15) is 6.33 Å². The topological polar surface area (TPSA) is 69.1 Å². The number of fused-ring (bicyclic) bond motifs is 1. The summed E-state index contributed by atoms with van der Waals surface area (Å²) in [6.45, 7) is 0. The van der Waals surface area contributed by atoms with Gasteiger partial charge >= 0.3 is 0 Å². The first-order valence-electron chi connectivity index (χ1n) is 5.25. The van der Waals surface area contributed by atoms with Crippen molar-refractivity contribution in [3.05, 3.63) is 47.8 Å². The van der Waals surface area contributed by atoms with Crippen LogP contribution in [-0.2, 0) is 6.42 Å².